The molecule has 84 valence electrons. The van der Waals surface area contributed by atoms with Crippen LogP contribution in [0, 0.1) is 5.41 Å². The summed E-state index contributed by atoms with van der Waals surface area (Å²) in [4.78, 5) is 12.0. The molecular formula is C14H17NO. The summed E-state index contributed by atoms with van der Waals surface area (Å²) in [5, 5.41) is 3.00. The van der Waals surface area contributed by atoms with Crippen molar-refractivity contribution in [3.63, 3.8) is 0 Å². The monoisotopic (exact) mass is 215 g/mol. The number of carbonyl (C=O) groups is 1. The highest BCUT2D eigenvalue weighted by atomic mass is 16.2. The maximum Gasteiger partial charge on any atom is 0.226 e. The summed E-state index contributed by atoms with van der Waals surface area (Å²) in [6, 6.07) is 8.59. The molecule has 0 aromatic heterocycles. The Morgan fingerprint density at radius 3 is 2.69 bits per heavy atom. The van der Waals surface area contributed by atoms with Gasteiger partial charge in [0.25, 0.3) is 0 Å². The fourth-order valence-electron chi connectivity index (χ4n) is 3.17. The van der Waals surface area contributed by atoms with Crippen molar-refractivity contribution in [2.45, 2.75) is 32.1 Å². The van der Waals surface area contributed by atoms with Crippen molar-refractivity contribution >= 4 is 5.91 Å². The first kappa shape index (κ1) is 9.88. The van der Waals surface area contributed by atoms with Crippen molar-refractivity contribution in [1.29, 1.82) is 0 Å². The fourth-order valence-corrected chi connectivity index (χ4v) is 3.17. The lowest BCUT2D eigenvalue weighted by Gasteiger charge is -2.24. The Morgan fingerprint density at radius 1 is 1.12 bits per heavy atom. The third-order valence-corrected chi connectivity index (χ3v) is 4.12. The highest BCUT2D eigenvalue weighted by molar-refractivity contribution is 5.85. The largest absolute Gasteiger partial charge is 0.356 e. The number of amides is 1. The van der Waals surface area contributed by atoms with Gasteiger partial charge in [0, 0.05) is 6.54 Å². The van der Waals surface area contributed by atoms with E-state index in [4.69, 9.17) is 0 Å². The summed E-state index contributed by atoms with van der Waals surface area (Å²) >= 11 is 0. The maximum absolute atomic E-state index is 12.0. The molecule has 1 aromatic carbocycles. The molecule has 1 saturated heterocycles. The van der Waals surface area contributed by atoms with Crippen LogP contribution in [-0.4, -0.2) is 12.5 Å². The van der Waals surface area contributed by atoms with Crippen molar-refractivity contribution in [1.82, 2.24) is 5.32 Å². The molecule has 0 bridgehead atoms. The van der Waals surface area contributed by atoms with Crippen LogP contribution in [0.1, 0.15) is 30.4 Å². The molecule has 1 atom stereocenters. The van der Waals surface area contributed by atoms with E-state index < -0.39 is 0 Å². The molecule has 2 heteroatoms. The summed E-state index contributed by atoms with van der Waals surface area (Å²) in [5.41, 5.74) is 2.74. The Hall–Kier alpha value is -1.31. The van der Waals surface area contributed by atoms with E-state index in [2.05, 4.69) is 29.6 Å². The van der Waals surface area contributed by atoms with E-state index in [1.807, 2.05) is 0 Å². The van der Waals surface area contributed by atoms with Crippen LogP contribution in [0.3, 0.4) is 0 Å². The summed E-state index contributed by atoms with van der Waals surface area (Å²) in [6.07, 6.45) is 5.28. The summed E-state index contributed by atoms with van der Waals surface area (Å²) in [5.74, 6) is 0.282. The van der Waals surface area contributed by atoms with Crippen LogP contribution in [0.15, 0.2) is 24.3 Å². The second kappa shape index (κ2) is 3.62. The molecule has 1 aromatic rings. The van der Waals surface area contributed by atoms with Gasteiger partial charge in [-0.25, -0.2) is 0 Å². The van der Waals surface area contributed by atoms with Gasteiger partial charge >= 0.3 is 0 Å². The number of aryl methyl sites for hydroxylation is 1. The van der Waals surface area contributed by atoms with E-state index >= 15 is 0 Å². The Labute approximate surface area is 96.1 Å². The van der Waals surface area contributed by atoms with Gasteiger partial charge in [0.05, 0.1) is 5.41 Å². The molecule has 1 N–H and O–H groups in total. The van der Waals surface area contributed by atoms with Crippen LogP contribution in [-0.2, 0) is 17.6 Å². The number of hydrogen-bond donors (Lipinski definition) is 1. The van der Waals surface area contributed by atoms with Crippen molar-refractivity contribution in [2.75, 3.05) is 6.54 Å². The van der Waals surface area contributed by atoms with Crippen LogP contribution >= 0.6 is 0 Å². The minimum Gasteiger partial charge on any atom is -0.356 e. The lowest BCUT2D eigenvalue weighted by molar-refractivity contribution is -0.127. The number of benzene rings is 1. The molecule has 2 nitrogen and oxygen atoms in total. The first-order chi connectivity index (χ1) is 7.80. The van der Waals surface area contributed by atoms with Crippen molar-refractivity contribution in [3.8, 4) is 0 Å². The summed E-state index contributed by atoms with van der Waals surface area (Å²) in [6.45, 7) is 0.862. The van der Waals surface area contributed by atoms with E-state index in [1.165, 1.54) is 11.1 Å². The second-order valence-electron chi connectivity index (χ2n) is 5.09. The van der Waals surface area contributed by atoms with Crippen LogP contribution in [0.25, 0.3) is 0 Å². The molecule has 1 heterocycles. The van der Waals surface area contributed by atoms with E-state index in [-0.39, 0.29) is 11.3 Å². The average molecular weight is 215 g/mol. The van der Waals surface area contributed by atoms with Gasteiger partial charge in [-0.3, -0.25) is 4.79 Å². The predicted octanol–water partition coefficient (Wildman–Crippen LogP) is 2.07. The molecule has 0 radical (unpaired) electrons. The first-order valence-corrected chi connectivity index (χ1v) is 6.15. The molecule has 16 heavy (non-hydrogen) atoms. The number of hydrogen-bond acceptors (Lipinski definition) is 1. The van der Waals surface area contributed by atoms with Gasteiger partial charge in [0.2, 0.25) is 5.91 Å². The Balaban J connectivity index is 1.99. The van der Waals surface area contributed by atoms with E-state index in [0.29, 0.717) is 0 Å². The molecule has 1 aliphatic carbocycles. The van der Waals surface area contributed by atoms with Gasteiger partial charge in [-0.15, -0.1) is 0 Å². The van der Waals surface area contributed by atoms with E-state index in [1.54, 1.807) is 0 Å². The van der Waals surface area contributed by atoms with Crippen LogP contribution in [0.5, 0.6) is 0 Å². The quantitative estimate of drug-likeness (QED) is 0.705. The van der Waals surface area contributed by atoms with Gasteiger partial charge in [-0.2, -0.15) is 0 Å². The highest BCUT2D eigenvalue weighted by Gasteiger charge is 2.42. The smallest absolute Gasteiger partial charge is 0.226 e. The standard InChI is InChI=1S/C14H17NO/c16-13-14(8-9-15-13)7-3-6-11-4-1-2-5-12(11)10-14/h1-2,4-5H,3,6-10H2,(H,15,16). The molecule has 1 unspecified atom stereocenters. The van der Waals surface area contributed by atoms with E-state index in [0.717, 1.165) is 38.6 Å². The first-order valence-electron chi connectivity index (χ1n) is 6.15. The molecule has 1 amide bonds. The molecule has 1 spiro atoms. The molecule has 2 aliphatic rings. The third-order valence-electron chi connectivity index (χ3n) is 4.12. The van der Waals surface area contributed by atoms with Crippen LogP contribution in [0.4, 0.5) is 0 Å². The van der Waals surface area contributed by atoms with Crippen LogP contribution < -0.4 is 5.32 Å². The average Bonchev–Trinajstić information content (AvgIpc) is 2.54. The lowest BCUT2D eigenvalue weighted by atomic mass is 9.78. The van der Waals surface area contributed by atoms with Crippen molar-refractivity contribution < 1.29 is 4.79 Å². The van der Waals surface area contributed by atoms with Crippen LogP contribution in [0.2, 0.25) is 0 Å². The third kappa shape index (κ3) is 1.44. The SMILES string of the molecule is O=C1NCCC12CCCc1ccccc1C2. The Bertz CT molecular complexity index is 426. The molecule has 3 rings (SSSR count). The number of carbonyl (C=O) groups excluding carboxylic acids is 1. The lowest BCUT2D eigenvalue weighted by Crippen LogP contribution is -2.32. The summed E-state index contributed by atoms with van der Waals surface area (Å²) in [7, 11) is 0. The zero-order chi connectivity index (χ0) is 11.0. The molecular weight excluding hydrogens is 198 g/mol. The van der Waals surface area contributed by atoms with Gasteiger partial charge in [-0.1, -0.05) is 24.3 Å². The highest BCUT2D eigenvalue weighted by Crippen LogP contribution is 2.39. The maximum atomic E-state index is 12.0. The predicted molar refractivity (Wildman–Crippen MR) is 63.1 cm³/mol. The Kier molecular flexibility index (Phi) is 2.23. The minimum atomic E-state index is -0.0907. The molecule has 1 fully saturated rings. The zero-order valence-electron chi connectivity index (χ0n) is 9.46. The number of nitrogens with one attached hydrogen (secondary N) is 1. The fraction of sp³-hybridized carbons (Fsp3) is 0.500. The summed E-state index contributed by atoms with van der Waals surface area (Å²) < 4.78 is 0. The number of rotatable bonds is 0. The topological polar surface area (TPSA) is 29.1 Å². The van der Waals surface area contributed by atoms with Crippen molar-refractivity contribution in [2.24, 2.45) is 5.41 Å². The van der Waals surface area contributed by atoms with Gasteiger partial charge in [-0.05, 0) is 43.2 Å². The molecule has 0 saturated carbocycles. The molecule has 1 aliphatic heterocycles. The minimum absolute atomic E-state index is 0.0907. The van der Waals surface area contributed by atoms with E-state index in [9.17, 15) is 4.79 Å². The van der Waals surface area contributed by atoms with Gasteiger partial charge in [0.1, 0.15) is 0 Å². The zero-order valence-corrected chi connectivity index (χ0v) is 9.46. The van der Waals surface area contributed by atoms with Crippen molar-refractivity contribution in [3.05, 3.63) is 35.4 Å². The number of fused-ring (bicyclic) bond motifs is 1. The normalized spacial score (nSPS) is 28.6. The second-order valence-corrected chi connectivity index (χ2v) is 5.09. The van der Waals surface area contributed by atoms with Gasteiger partial charge in [0.15, 0.2) is 0 Å². The van der Waals surface area contributed by atoms with Gasteiger partial charge < -0.3 is 5.32 Å². The Morgan fingerprint density at radius 2 is 1.94 bits per heavy atom.